The summed E-state index contributed by atoms with van der Waals surface area (Å²) in [5.41, 5.74) is 2.68. The first-order chi connectivity index (χ1) is 14.3. The number of methoxy groups -OCH3 is 1. The predicted octanol–water partition coefficient (Wildman–Crippen LogP) is 2.95. The molecule has 2 aromatic rings. The van der Waals surface area contributed by atoms with Crippen molar-refractivity contribution in [3.05, 3.63) is 59.2 Å². The second kappa shape index (κ2) is 9.42. The van der Waals surface area contributed by atoms with Gasteiger partial charge < -0.3 is 14.2 Å². The van der Waals surface area contributed by atoms with Crippen molar-refractivity contribution in [3.63, 3.8) is 0 Å². The maximum atomic E-state index is 13.0. The van der Waals surface area contributed by atoms with Crippen molar-refractivity contribution < 1.29 is 27.4 Å². The van der Waals surface area contributed by atoms with E-state index in [1.807, 2.05) is 19.9 Å². The first-order valence-corrected chi connectivity index (χ1v) is 11.0. The molecule has 0 saturated carbocycles. The highest BCUT2D eigenvalue weighted by molar-refractivity contribution is 7.89. The third-order valence-electron chi connectivity index (χ3n) is 4.88. The summed E-state index contributed by atoms with van der Waals surface area (Å²) < 4.78 is 43.2. The summed E-state index contributed by atoms with van der Waals surface area (Å²) >= 11 is 0. The Hall–Kier alpha value is -2.68. The average Bonchev–Trinajstić information content (AvgIpc) is 2.75. The molecule has 0 aromatic heterocycles. The molecule has 8 heteroatoms. The molecule has 0 bridgehead atoms. The Bertz CT molecular complexity index is 1060. The lowest BCUT2D eigenvalue weighted by Crippen LogP contribution is -2.40. The molecule has 0 unspecified atom stereocenters. The van der Waals surface area contributed by atoms with Crippen LogP contribution in [0.25, 0.3) is 6.08 Å². The number of carbonyl (C=O) groups excluding carboxylic acids is 1. The molecule has 1 heterocycles. The molecule has 1 aliphatic heterocycles. The zero-order chi connectivity index (χ0) is 21.7. The lowest BCUT2D eigenvalue weighted by atomic mass is 10.1. The van der Waals surface area contributed by atoms with E-state index in [1.54, 1.807) is 24.3 Å². The molecule has 0 atom stereocenters. The summed E-state index contributed by atoms with van der Waals surface area (Å²) in [6.45, 7) is 5.20. The quantitative estimate of drug-likeness (QED) is 0.397. The van der Waals surface area contributed by atoms with Crippen molar-refractivity contribution in [3.8, 4) is 11.5 Å². The van der Waals surface area contributed by atoms with Crippen LogP contribution in [-0.4, -0.2) is 52.1 Å². The number of benzene rings is 2. The molecule has 0 radical (unpaired) electrons. The lowest BCUT2D eigenvalue weighted by Gasteiger charge is -2.26. The number of ether oxygens (including phenoxy) is 3. The van der Waals surface area contributed by atoms with E-state index in [-0.39, 0.29) is 23.7 Å². The highest BCUT2D eigenvalue weighted by Crippen LogP contribution is 2.29. The number of sulfonamides is 1. The summed E-state index contributed by atoms with van der Waals surface area (Å²) in [5, 5.41) is 0. The van der Waals surface area contributed by atoms with Crippen LogP contribution in [0.2, 0.25) is 0 Å². The highest BCUT2D eigenvalue weighted by Gasteiger charge is 2.29. The molecular weight excluding hydrogens is 406 g/mol. The minimum absolute atomic E-state index is 0.0524. The van der Waals surface area contributed by atoms with Crippen LogP contribution in [-0.2, 0) is 19.6 Å². The first kappa shape index (κ1) is 22.0. The fourth-order valence-corrected chi connectivity index (χ4v) is 4.62. The summed E-state index contributed by atoms with van der Waals surface area (Å²) in [7, 11) is -2.32. The van der Waals surface area contributed by atoms with Gasteiger partial charge >= 0.3 is 5.97 Å². The van der Waals surface area contributed by atoms with Gasteiger partial charge in [-0.05, 0) is 60.9 Å². The third-order valence-corrected chi connectivity index (χ3v) is 6.80. The molecule has 0 N–H and O–H groups in total. The number of nitrogens with zero attached hydrogens (tertiary/aromatic N) is 1. The van der Waals surface area contributed by atoms with E-state index in [9.17, 15) is 13.2 Å². The number of morpholine rings is 1. The number of hydrogen-bond acceptors (Lipinski definition) is 6. The van der Waals surface area contributed by atoms with Crippen LogP contribution in [0.3, 0.4) is 0 Å². The van der Waals surface area contributed by atoms with E-state index in [0.717, 1.165) is 11.1 Å². The lowest BCUT2D eigenvalue weighted by molar-refractivity contribution is -0.128. The maximum absolute atomic E-state index is 13.0. The van der Waals surface area contributed by atoms with Gasteiger partial charge in [0.2, 0.25) is 10.0 Å². The van der Waals surface area contributed by atoms with Crippen LogP contribution in [0.1, 0.15) is 16.7 Å². The van der Waals surface area contributed by atoms with E-state index >= 15 is 0 Å². The van der Waals surface area contributed by atoms with E-state index in [4.69, 9.17) is 14.2 Å². The molecule has 1 saturated heterocycles. The summed E-state index contributed by atoms with van der Waals surface area (Å²) in [4.78, 5) is 12.2. The van der Waals surface area contributed by atoms with Gasteiger partial charge in [-0.1, -0.05) is 12.1 Å². The third kappa shape index (κ3) is 5.08. The minimum atomic E-state index is -3.74. The standard InChI is InChI=1S/C22H25NO6S/c1-16-4-7-19(14-17(16)2)29-22(24)9-6-18-5-8-20(27-3)21(15-18)30(25,26)23-10-12-28-13-11-23/h4-9,14-15H,10-13H2,1-3H3/b9-6+. The molecule has 0 amide bonds. The maximum Gasteiger partial charge on any atom is 0.336 e. The van der Waals surface area contributed by atoms with Gasteiger partial charge in [-0.15, -0.1) is 0 Å². The SMILES string of the molecule is COc1ccc(/C=C/C(=O)Oc2ccc(C)c(C)c2)cc1S(=O)(=O)N1CCOCC1. The number of rotatable bonds is 6. The summed E-state index contributed by atoms with van der Waals surface area (Å²) in [6.07, 6.45) is 2.78. The largest absolute Gasteiger partial charge is 0.495 e. The fourth-order valence-electron chi connectivity index (χ4n) is 3.02. The Balaban J connectivity index is 1.80. The van der Waals surface area contributed by atoms with Crippen molar-refractivity contribution >= 4 is 22.1 Å². The van der Waals surface area contributed by atoms with Crippen molar-refractivity contribution in [2.45, 2.75) is 18.7 Å². The Labute approximate surface area is 176 Å². The number of esters is 1. The van der Waals surface area contributed by atoms with E-state index < -0.39 is 16.0 Å². The second-order valence-corrected chi connectivity index (χ2v) is 8.83. The fraction of sp³-hybridized carbons (Fsp3) is 0.318. The average molecular weight is 432 g/mol. The minimum Gasteiger partial charge on any atom is -0.495 e. The molecule has 7 nitrogen and oxygen atoms in total. The van der Waals surface area contributed by atoms with Crippen LogP contribution in [0.4, 0.5) is 0 Å². The molecule has 160 valence electrons. The van der Waals surface area contributed by atoms with Crippen molar-refractivity contribution in [1.29, 1.82) is 0 Å². The van der Waals surface area contributed by atoms with Crippen molar-refractivity contribution in [2.75, 3.05) is 33.4 Å². The molecule has 1 fully saturated rings. The number of hydrogen-bond donors (Lipinski definition) is 0. The molecule has 2 aromatic carbocycles. The predicted molar refractivity (Wildman–Crippen MR) is 113 cm³/mol. The van der Waals surface area contributed by atoms with Gasteiger partial charge in [0.1, 0.15) is 16.4 Å². The van der Waals surface area contributed by atoms with E-state index in [2.05, 4.69) is 0 Å². The van der Waals surface area contributed by atoms with Crippen LogP contribution < -0.4 is 9.47 Å². The molecule has 0 aliphatic carbocycles. The van der Waals surface area contributed by atoms with Crippen LogP contribution in [0.5, 0.6) is 11.5 Å². The number of aryl methyl sites for hydroxylation is 2. The monoisotopic (exact) mass is 431 g/mol. The van der Waals surface area contributed by atoms with E-state index in [1.165, 1.54) is 29.6 Å². The second-order valence-electron chi connectivity index (χ2n) is 6.93. The van der Waals surface area contributed by atoms with Gasteiger partial charge in [0.05, 0.1) is 20.3 Å². The van der Waals surface area contributed by atoms with Crippen molar-refractivity contribution in [2.24, 2.45) is 0 Å². The van der Waals surface area contributed by atoms with Crippen LogP contribution >= 0.6 is 0 Å². The van der Waals surface area contributed by atoms with Gasteiger partial charge in [-0.2, -0.15) is 4.31 Å². The number of carbonyl (C=O) groups is 1. The summed E-state index contributed by atoms with van der Waals surface area (Å²) in [5.74, 6) is 0.154. The molecule has 3 rings (SSSR count). The Kier molecular flexibility index (Phi) is 6.91. The van der Waals surface area contributed by atoms with Gasteiger partial charge in [-0.25, -0.2) is 13.2 Å². The van der Waals surface area contributed by atoms with Gasteiger partial charge in [-0.3, -0.25) is 0 Å². The normalized spacial score (nSPS) is 15.3. The Morgan fingerprint density at radius 2 is 1.80 bits per heavy atom. The highest BCUT2D eigenvalue weighted by atomic mass is 32.2. The van der Waals surface area contributed by atoms with Gasteiger partial charge in [0.25, 0.3) is 0 Å². The summed E-state index contributed by atoms with van der Waals surface area (Å²) in [6, 6.07) is 10.1. The Morgan fingerprint density at radius 1 is 1.07 bits per heavy atom. The zero-order valence-electron chi connectivity index (χ0n) is 17.3. The first-order valence-electron chi connectivity index (χ1n) is 9.54. The molecule has 30 heavy (non-hydrogen) atoms. The molecule has 0 spiro atoms. The van der Waals surface area contributed by atoms with Crippen LogP contribution in [0, 0.1) is 13.8 Å². The van der Waals surface area contributed by atoms with E-state index in [0.29, 0.717) is 24.5 Å². The molecular formula is C22H25NO6S. The van der Waals surface area contributed by atoms with Crippen molar-refractivity contribution in [1.82, 2.24) is 4.31 Å². The van der Waals surface area contributed by atoms with Crippen LogP contribution in [0.15, 0.2) is 47.4 Å². The van der Waals surface area contributed by atoms with Gasteiger partial charge in [0.15, 0.2) is 0 Å². The molecule has 1 aliphatic rings. The zero-order valence-corrected chi connectivity index (χ0v) is 18.1. The smallest absolute Gasteiger partial charge is 0.336 e. The van der Waals surface area contributed by atoms with Gasteiger partial charge in [0, 0.05) is 19.2 Å². The topological polar surface area (TPSA) is 82.1 Å². The Morgan fingerprint density at radius 3 is 2.47 bits per heavy atom.